The number of hydrogen-bond acceptors (Lipinski definition) is 3. The highest BCUT2D eigenvalue weighted by Gasteiger charge is 2.11. The van der Waals surface area contributed by atoms with Gasteiger partial charge in [-0.2, -0.15) is 0 Å². The quantitative estimate of drug-likeness (QED) is 0.338. The molecule has 0 aliphatic carbocycles. The Kier molecular flexibility index (Phi) is 4.07. The van der Waals surface area contributed by atoms with Crippen molar-refractivity contribution in [1.82, 2.24) is 10.6 Å². The monoisotopic (exact) mass is 133 g/mol. The molecular formula is C4H13N2OSi. The largest absolute Gasteiger partial charge is 0.429 e. The van der Waals surface area contributed by atoms with Crippen molar-refractivity contribution in [1.29, 1.82) is 0 Å². The van der Waals surface area contributed by atoms with Crippen molar-refractivity contribution in [3.8, 4) is 0 Å². The lowest BCUT2D eigenvalue weighted by Gasteiger charge is -2.14. The van der Waals surface area contributed by atoms with Gasteiger partial charge in [-0.1, -0.05) is 0 Å². The third-order valence-corrected chi connectivity index (χ3v) is 2.41. The molecule has 4 heteroatoms. The Morgan fingerprint density at radius 3 is 1.75 bits per heavy atom. The smallest absolute Gasteiger partial charge is 0.237 e. The maximum absolute atomic E-state index is 8.99. The van der Waals surface area contributed by atoms with Gasteiger partial charge in [0.2, 0.25) is 9.04 Å². The van der Waals surface area contributed by atoms with Crippen LogP contribution in [-0.4, -0.2) is 33.7 Å². The Labute approximate surface area is 51.8 Å². The highest BCUT2D eigenvalue weighted by atomic mass is 28.3. The third kappa shape index (κ3) is 2.42. The van der Waals surface area contributed by atoms with Gasteiger partial charge in [-0.3, -0.25) is 0 Å². The lowest BCUT2D eigenvalue weighted by atomic mass is 11.0. The molecule has 0 bridgehead atoms. The molecule has 0 aliphatic rings. The van der Waals surface area contributed by atoms with Crippen molar-refractivity contribution in [3.05, 3.63) is 0 Å². The van der Waals surface area contributed by atoms with Gasteiger partial charge < -0.3 is 15.4 Å². The van der Waals surface area contributed by atoms with Gasteiger partial charge in [0.15, 0.2) is 0 Å². The summed E-state index contributed by atoms with van der Waals surface area (Å²) >= 11 is 0. The molecule has 0 unspecified atom stereocenters. The Morgan fingerprint density at radius 1 is 1.38 bits per heavy atom. The van der Waals surface area contributed by atoms with E-state index in [2.05, 4.69) is 10.6 Å². The zero-order valence-electron chi connectivity index (χ0n) is 5.52. The molecule has 0 heterocycles. The van der Waals surface area contributed by atoms with Crippen LogP contribution in [0.4, 0.5) is 0 Å². The van der Waals surface area contributed by atoms with Crippen LogP contribution < -0.4 is 10.6 Å². The van der Waals surface area contributed by atoms with Crippen LogP contribution in [0, 0.1) is 0 Å². The van der Waals surface area contributed by atoms with Crippen LogP contribution in [0.15, 0.2) is 0 Å². The van der Waals surface area contributed by atoms with Gasteiger partial charge in [-0.25, -0.2) is 0 Å². The summed E-state index contributed by atoms with van der Waals surface area (Å²) in [6.07, 6.45) is 0. The summed E-state index contributed by atoms with van der Waals surface area (Å²) in [6, 6.07) is 0. The van der Waals surface area contributed by atoms with Crippen LogP contribution in [0.2, 0.25) is 6.55 Å². The van der Waals surface area contributed by atoms with E-state index in [1.807, 2.05) is 20.6 Å². The van der Waals surface area contributed by atoms with Gasteiger partial charge in [0.25, 0.3) is 0 Å². The molecule has 0 aliphatic heterocycles. The summed E-state index contributed by atoms with van der Waals surface area (Å²) in [4.78, 5) is 8.99. The molecule has 8 heavy (non-hydrogen) atoms. The van der Waals surface area contributed by atoms with E-state index in [1.165, 1.54) is 0 Å². The highest BCUT2D eigenvalue weighted by molar-refractivity contribution is 6.50. The van der Waals surface area contributed by atoms with Crippen molar-refractivity contribution < 1.29 is 4.80 Å². The Balaban J connectivity index is 3.35. The van der Waals surface area contributed by atoms with Gasteiger partial charge in [0, 0.05) is 0 Å². The third-order valence-electron chi connectivity index (χ3n) is 0.995. The van der Waals surface area contributed by atoms with Crippen LogP contribution in [-0.2, 0) is 0 Å². The lowest BCUT2D eigenvalue weighted by molar-refractivity contribution is 0.504. The molecule has 0 aromatic carbocycles. The molecule has 0 saturated carbocycles. The predicted octanol–water partition coefficient (Wildman–Crippen LogP) is -1.10. The van der Waals surface area contributed by atoms with E-state index < -0.39 is 9.04 Å². The second kappa shape index (κ2) is 4.02. The molecule has 0 rings (SSSR count). The van der Waals surface area contributed by atoms with Crippen molar-refractivity contribution in [2.75, 3.05) is 14.1 Å². The maximum atomic E-state index is 8.99. The van der Waals surface area contributed by atoms with E-state index in [-0.39, 0.29) is 5.79 Å². The van der Waals surface area contributed by atoms with Gasteiger partial charge >= 0.3 is 0 Å². The molecule has 0 amide bonds. The van der Waals surface area contributed by atoms with Crippen molar-refractivity contribution in [2.45, 2.75) is 12.3 Å². The second-order valence-corrected chi connectivity index (χ2v) is 3.51. The normalized spacial score (nSPS) is 11.2. The molecule has 1 radical (unpaired) electrons. The molecule has 0 aromatic heterocycles. The topological polar surface area (TPSA) is 44.3 Å². The Bertz CT molecular complexity index is 56.0. The summed E-state index contributed by atoms with van der Waals surface area (Å²) in [5, 5.41) is 5.87. The summed E-state index contributed by atoms with van der Waals surface area (Å²) in [5.41, 5.74) is 0. The fourth-order valence-corrected chi connectivity index (χ4v) is 1.40. The fourth-order valence-electron chi connectivity index (χ4n) is 0.562. The summed E-state index contributed by atoms with van der Waals surface area (Å²) in [7, 11) is 2.45. The average molecular weight is 133 g/mol. The van der Waals surface area contributed by atoms with E-state index in [9.17, 15) is 0 Å². The highest BCUT2D eigenvalue weighted by Crippen LogP contribution is 1.78. The predicted molar refractivity (Wildman–Crippen MR) is 35.7 cm³/mol. The SMILES string of the molecule is CNC(NC)[Si](C)O. The molecule has 0 atom stereocenters. The van der Waals surface area contributed by atoms with Crippen LogP contribution in [0.25, 0.3) is 0 Å². The molecular weight excluding hydrogens is 120 g/mol. The van der Waals surface area contributed by atoms with Gasteiger partial charge in [0.05, 0.1) is 5.79 Å². The summed E-state index contributed by atoms with van der Waals surface area (Å²) in [6.45, 7) is 1.84. The first-order valence-electron chi connectivity index (χ1n) is 2.59. The van der Waals surface area contributed by atoms with Crippen molar-refractivity contribution in [3.63, 3.8) is 0 Å². The molecule has 3 N–H and O–H groups in total. The Morgan fingerprint density at radius 2 is 1.75 bits per heavy atom. The van der Waals surface area contributed by atoms with Crippen LogP contribution in [0.3, 0.4) is 0 Å². The molecule has 0 aromatic rings. The van der Waals surface area contributed by atoms with E-state index in [0.29, 0.717) is 0 Å². The first kappa shape index (κ1) is 8.10. The van der Waals surface area contributed by atoms with E-state index in [0.717, 1.165) is 0 Å². The first-order chi connectivity index (χ1) is 3.72. The molecule has 0 fully saturated rings. The van der Waals surface area contributed by atoms with E-state index in [4.69, 9.17) is 4.80 Å². The van der Waals surface area contributed by atoms with E-state index in [1.54, 1.807) is 0 Å². The number of hydrogen-bond donors (Lipinski definition) is 3. The Hall–Kier alpha value is 0.0969. The molecule has 0 saturated heterocycles. The maximum Gasteiger partial charge on any atom is 0.237 e. The first-order valence-corrected chi connectivity index (χ1v) is 4.61. The molecule has 3 nitrogen and oxygen atoms in total. The lowest BCUT2D eigenvalue weighted by Crippen LogP contribution is -2.48. The zero-order valence-corrected chi connectivity index (χ0v) is 6.52. The summed E-state index contributed by atoms with van der Waals surface area (Å²) in [5.74, 6) is 0.111. The van der Waals surface area contributed by atoms with Crippen LogP contribution in [0.1, 0.15) is 0 Å². The van der Waals surface area contributed by atoms with Crippen LogP contribution >= 0.6 is 0 Å². The van der Waals surface area contributed by atoms with E-state index >= 15 is 0 Å². The molecule has 49 valence electrons. The van der Waals surface area contributed by atoms with Gasteiger partial charge in [-0.15, -0.1) is 0 Å². The minimum absolute atomic E-state index is 0.111. The number of rotatable bonds is 3. The van der Waals surface area contributed by atoms with Crippen LogP contribution in [0.5, 0.6) is 0 Å². The van der Waals surface area contributed by atoms with Crippen molar-refractivity contribution >= 4 is 9.04 Å². The number of nitrogens with one attached hydrogen (secondary N) is 2. The minimum Gasteiger partial charge on any atom is -0.429 e. The van der Waals surface area contributed by atoms with Crippen molar-refractivity contribution in [2.24, 2.45) is 0 Å². The summed E-state index contributed by atoms with van der Waals surface area (Å²) < 4.78 is 0. The van der Waals surface area contributed by atoms with Gasteiger partial charge in [-0.05, 0) is 20.6 Å². The average Bonchev–Trinajstić information content (AvgIpc) is 1.69. The standard InChI is InChI=1S/C4H13N2OSi/c1-5-4(6-2)8(3)7/h4-7H,1-3H3. The minimum atomic E-state index is -1.20. The van der Waals surface area contributed by atoms with Gasteiger partial charge in [0.1, 0.15) is 0 Å². The molecule has 0 spiro atoms. The zero-order chi connectivity index (χ0) is 6.57. The second-order valence-electron chi connectivity index (χ2n) is 1.65. The fraction of sp³-hybridized carbons (Fsp3) is 1.00.